The summed E-state index contributed by atoms with van der Waals surface area (Å²) in [5, 5.41) is 9.25. The molecular formula is C10H11F3O3. The van der Waals surface area contributed by atoms with Crippen molar-refractivity contribution in [2.45, 2.75) is 6.18 Å². The largest absolute Gasteiger partial charge is 0.504 e. The minimum atomic E-state index is -4.32. The van der Waals surface area contributed by atoms with E-state index in [2.05, 4.69) is 4.74 Å². The molecule has 6 heteroatoms. The molecule has 1 aromatic carbocycles. The summed E-state index contributed by atoms with van der Waals surface area (Å²) < 4.78 is 44.3. The van der Waals surface area contributed by atoms with Crippen molar-refractivity contribution < 1.29 is 27.8 Å². The molecular weight excluding hydrogens is 225 g/mol. The lowest BCUT2D eigenvalue weighted by molar-refractivity contribution is -0.175. The van der Waals surface area contributed by atoms with Crippen molar-refractivity contribution in [3.8, 4) is 11.5 Å². The maximum absolute atomic E-state index is 11.7. The van der Waals surface area contributed by atoms with Gasteiger partial charge >= 0.3 is 6.18 Å². The molecule has 90 valence electrons. The molecule has 3 nitrogen and oxygen atoms in total. The van der Waals surface area contributed by atoms with E-state index in [1.165, 1.54) is 12.1 Å². The Bertz CT molecular complexity index is 325. The zero-order valence-electron chi connectivity index (χ0n) is 8.33. The number of para-hydroxylation sites is 2. The van der Waals surface area contributed by atoms with E-state index >= 15 is 0 Å². The fourth-order valence-electron chi connectivity index (χ4n) is 0.978. The van der Waals surface area contributed by atoms with Crippen LogP contribution >= 0.6 is 0 Å². The van der Waals surface area contributed by atoms with Gasteiger partial charge in [0.15, 0.2) is 11.5 Å². The van der Waals surface area contributed by atoms with Crippen LogP contribution in [0.5, 0.6) is 11.5 Å². The number of hydrogen-bond donors (Lipinski definition) is 1. The standard InChI is InChI=1S/C10H11F3O3/c11-10(12,13)7-15-5-6-16-9-4-2-1-3-8(9)14/h1-4,14H,5-7H2. The Balaban J connectivity index is 2.19. The summed E-state index contributed by atoms with van der Waals surface area (Å²) in [7, 11) is 0. The molecule has 1 aromatic rings. The Kier molecular flexibility index (Phi) is 4.42. The van der Waals surface area contributed by atoms with Crippen LogP contribution < -0.4 is 4.74 Å². The minimum absolute atomic E-state index is 0.0480. The third kappa shape index (κ3) is 4.88. The van der Waals surface area contributed by atoms with Crippen molar-refractivity contribution in [2.24, 2.45) is 0 Å². The molecule has 0 bridgehead atoms. The van der Waals surface area contributed by atoms with E-state index in [9.17, 15) is 18.3 Å². The highest BCUT2D eigenvalue weighted by Gasteiger charge is 2.27. The first-order chi connectivity index (χ1) is 7.49. The molecule has 0 aliphatic carbocycles. The zero-order valence-corrected chi connectivity index (χ0v) is 8.33. The highest BCUT2D eigenvalue weighted by molar-refractivity contribution is 5.37. The molecule has 1 N–H and O–H groups in total. The maximum atomic E-state index is 11.7. The van der Waals surface area contributed by atoms with Gasteiger partial charge in [-0.2, -0.15) is 13.2 Å². The van der Waals surface area contributed by atoms with Crippen LogP contribution in [0.2, 0.25) is 0 Å². The second kappa shape index (κ2) is 5.60. The number of aromatic hydroxyl groups is 1. The summed E-state index contributed by atoms with van der Waals surface area (Å²) in [4.78, 5) is 0. The number of alkyl halides is 3. The molecule has 0 radical (unpaired) electrons. The number of benzene rings is 1. The van der Waals surface area contributed by atoms with Crippen molar-refractivity contribution in [1.29, 1.82) is 0 Å². The van der Waals surface area contributed by atoms with Crippen molar-refractivity contribution in [3.63, 3.8) is 0 Å². The average Bonchev–Trinajstić information content (AvgIpc) is 2.18. The van der Waals surface area contributed by atoms with Gasteiger partial charge in [-0.3, -0.25) is 0 Å². The smallest absolute Gasteiger partial charge is 0.411 e. The molecule has 0 amide bonds. The first kappa shape index (κ1) is 12.6. The van der Waals surface area contributed by atoms with Crippen molar-refractivity contribution in [3.05, 3.63) is 24.3 Å². The summed E-state index contributed by atoms with van der Waals surface area (Å²) in [5.41, 5.74) is 0. The Morgan fingerprint density at radius 2 is 1.81 bits per heavy atom. The Hall–Kier alpha value is -1.43. The van der Waals surface area contributed by atoms with Gasteiger partial charge in [-0.05, 0) is 12.1 Å². The first-order valence-electron chi connectivity index (χ1n) is 4.54. The van der Waals surface area contributed by atoms with Gasteiger partial charge in [0.05, 0.1) is 6.61 Å². The predicted molar refractivity (Wildman–Crippen MR) is 50.5 cm³/mol. The summed E-state index contributed by atoms with van der Waals surface area (Å²) >= 11 is 0. The van der Waals surface area contributed by atoms with E-state index in [4.69, 9.17) is 4.74 Å². The molecule has 0 saturated heterocycles. The van der Waals surface area contributed by atoms with Gasteiger partial charge in [0.25, 0.3) is 0 Å². The monoisotopic (exact) mass is 236 g/mol. The second-order valence-corrected chi connectivity index (χ2v) is 2.98. The molecule has 16 heavy (non-hydrogen) atoms. The van der Waals surface area contributed by atoms with Gasteiger partial charge in [0.1, 0.15) is 13.2 Å². The van der Waals surface area contributed by atoms with Gasteiger partial charge in [-0.25, -0.2) is 0 Å². The Morgan fingerprint density at radius 3 is 2.44 bits per heavy atom. The van der Waals surface area contributed by atoms with Gasteiger partial charge < -0.3 is 14.6 Å². The van der Waals surface area contributed by atoms with Gasteiger partial charge in [-0.1, -0.05) is 12.1 Å². The third-order valence-corrected chi connectivity index (χ3v) is 1.62. The van der Waals surface area contributed by atoms with Gasteiger partial charge in [0.2, 0.25) is 0 Å². The summed E-state index contributed by atoms with van der Waals surface area (Å²) in [6, 6.07) is 6.19. The van der Waals surface area contributed by atoms with Crippen molar-refractivity contribution >= 4 is 0 Å². The number of halogens is 3. The van der Waals surface area contributed by atoms with Crippen LogP contribution in [0.1, 0.15) is 0 Å². The van der Waals surface area contributed by atoms with Gasteiger partial charge in [0, 0.05) is 0 Å². The quantitative estimate of drug-likeness (QED) is 0.797. The normalized spacial score (nSPS) is 11.4. The fourth-order valence-corrected chi connectivity index (χ4v) is 0.978. The van der Waals surface area contributed by atoms with E-state index in [-0.39, 0.29) is 24.7 Å². The Labute approximate surface area is 90.4 Å². The van der Waals surface area contributed by atoms with E-state index in [0.29, 0.717) is 0 Å². The van der Waals surface area contributed by atoms with Crippen LogP contribution in [-0.2, 0) is 4.74 Å². The molecule has 0 aliphatic rings. The first-order valence-corrected chi connectivity index (χ1v) is 4.54. The summed E-state index contributed by atoms with van der Waals surface area (Å²) in [5.74, 6) is 0.163. The van der Waals surface area contributed by atoms with Crippen LogP contribution in [-0.4, -0.2) is 31.1 Å². The van der Waals surface area contributed by atoms with Crippen molar-refractivity contribution in [1.82, 2.24) is 0 Å². The lowest BCUT2D eigenvalue weighted by Crippen LogP contribution is -2.19. The highest BCUT2D eigenvalue weighted by Crippen LogP contribution is 2.24. The number of rotatable bonds is 5. The van der Waals surface area contributed by atoms with E-state index in [1.807, 2.05) is 0 Å². The van der Waals surface area contributed by atoms with Crippen LogP contribution in [0.4, 0.5) is 13.2 Å². The summed E-state index contributed by atoms with van der Waals surface area (Å²) in [6.45, 7) is -1.53. The van der Waals surface area contributed by atoms with Crippen LogP contribution in [0.25, 0.3) is 0 Å². The molecule has 1 rings (SSSR count). The van der Waals surface area contributed by atoms with Crippen LogP contribution in [0.3, 0.4) is 0 Å². The third-order valence-electron chi connectivity index (χ3n) is 1.62. The molecule has 0 heterocycles. The SMILES string of the molecule is Oc1ccccc1OCCOCC(F)(F)F. The van der Waals surface area contributed by atoms with E-state index in [1.54, 1.807) is 12.1 Å². The van der Waals surface area contributed by atoms with Crippen molar-refractivity contribution in [2.75, 3.05) is 19.8 Å². The zero-order chi connectivity index (χ0) is 12.0. The van der Waals surface area contributed by atoms with Gasteiger partial charge in [-0.15, -0.1) is 0 Å². The van der Waals surface area contributed by atoms with E-state index in [0.717, 1.165) is 0 Å². The number of phenolic OH excluding ortho intramolecular Hbond substituents is 1. The maximum Gasteiger partial charge on any atom is 0.411 e. The molecule has 0 fully saturated rings. The highest BCUT2D eigenvalue weighted by atomic mass is 19.4. The number of hydrogen-bond acceptors (Lipinski definition) is 3. The molecule has 0 atom stereocenters. The number of ether oxygens (including phenoxy) is 2. The topological polar surface area (TPSA) is 38.7 Å². The lowest BCUT2D eigenvalue weighted by atomic mass is 10.3. The number of phenols is 1. The molecule has 0 spiro atoms. The molecule has 0 unspecified atom stereocenters. The lowest BCUT2D eigenvalue weighted by Gasteiger charge is -2.09. The van der Waals surface area contributed by atoms with Crippen LogP contribution in [0, 0.1) is 0 Å². The second-order valence-electron chi connectivity index (χ2n) is 2.98. The predicted octanol–water partition coefficient (Wildman–Crippen LogP) is 2.35. The minimum Gasteiger partial charge on any atom is -0.504 e. The summed E-state index contributed by atoms with van der Waals surface area (Å²) in [6.07, 6.45) is -4.32. The molecule has 0 saturated carbocycles. The molecule has 0 aromatic heterocycles. The fraction of sp³-hybridized carbons (Fsp3) is 0.400. The Morgan fingerprint density at radius 1 is 1.12 bits per heavy atom. The van der Waals surface area contributed by atoms with E-state index < -0.39 is 12.8 Å². The average molecular weight is 236 g/mol. The van der Waals surface area contributed by atoms with Crippen LogP contribution in [0.15, 0.2) is 24.3 Å². The molecule has 0 aliphatic heterocycles.